The Labute approximate surface area is 231 Å². The average Bonchev–Trinajstić information content (AvgIpc) is 2.93. The van der Waals surface area contributed by atoms with Gasteiger partial charge in [0.05, 0.1) is 18.2 Å². The molecule has 5 atom stereocenters. The van der Waals surface area contributed by atoms with Crippen LogP contribution in [-0.4, -0.2) is 95.8 Å². The van der Waals surface area contributed by atoms with Crippen molar-refractivity contribution >= 4 is 11.8 Å². The molecule has 0 unspecified atom stereocenters. The van der Waals surface area contributed by atoms with E-state index in [2.05, 4.69) is 0 Å². The summed E-state index contributed by atoms with van der Waals surface area (Å²) in [6, 6.07) is 7.46. The lowest BCUT2D eigenvalue weighted by atomic mass is 9.88. The second-order valence-electron chi connectivity index (χ2n) is 9.14. The van der Waals surface area contributed by atoms with Gasteiger partial charge in [0.2, 0.25) is 11.5 Å². The van der Waals surface area contributed by atoms with Crippen molar-refractivity contribution in [3.8, 4) is 40.2 Å². The van der Waals surface area contributed by atoms with E-state index in [4.69, 9.17) is 14.2 Å². The number of ether oxygens (including phenoxy) is 3. The van der Waals surface area contributed by atoms with Crippen LogP contribution in [0.4, 0.5) is 0 Å². The van der Waals surface area contributed by atoms with Crippen LogP contribution >= 0.6 is 0 Å². The van der Waals surface area contributed by atoms with E-state index in [1.165, 1.54) is 31.4 Å². The zero-order valence-electron chi connectivity index (χ0n) is 21.2. The van der Waals surface area contributed by atoms with Crippen molar-refractivity contribution in [3.05, 3.63) is 64.7 Å². The first-order valence-corrected chi connectivity index (χ1v) is 11.9. The number of hydrogen-bond donors (Lipinski definition) is 9. The van der Waals surface area contributed by atoms with E-state index < -0.39 is 88.8 Å². The number of aliphatic hydroxyl groups is 3. The van der Waals surface area contributed by atoms with Gasteiger partial charge < -0.3 is 60.2 Å². The highest BCUT2D eigenvalue weighted by molar-refractivity contribution is 6.13. The highest BCUT2D eigenvalue weighted by Crippen LogP contribution is 2.46. The van der Waals surface area contributed by atoms with Crippen LogP contribution in [0.25, 0.3) is 0 Å². The summed E-state index contributed by atoms with van der Waals surface area (Å²) in [7, 11) is 1.18. The quantitative estimate of drug-likeness (QED) is 0.106. The molecular weight excluding hydrogens is 548 g/mol. The highest BCUT2D eigenvalue weighted by Gasteiger charge is 2.47. The Bertz CT molecular complexity index is 1470. The number of methoxy groups -OCH3 is 1. The molecule has 9 N–H and O–H groups in total. The van der Waals surface area contributed by atoms with Crippen molar-refractivity contribution in [2.24, 2.45) is 0 Å². The molecule has 1 aliphatic heterocycles. The van der Waals surface area contributed by atoms with Crippen molar-refractivity contribution < 1.29 is 69.8 Å². The van der Waals surface area contributed by atoms with Crippen molar-refractivity contribution in [2.75, 3.05) is 13.7 Å². The van der Waals surface area contributed by atoms with Crippen LogP contribution in [0, 0.1) is 0 Å². The molecule has 0 saturated carbocycles. The Hall–Kier alpha value is -4.76. The number of phenols is 6. The summed E-state index contributed by atoms with van der Waals surface area (Å²) >= 11 is 0. The van der Waals surface area contributed by atoms with E-state index in [0.29, 0.717) is 6.07 Å². The zero-order valence-corrected chi connectivity index (χ0v) is 21.2. The SMILES string of the molecule is COc1cc(C(=O)OC[C@H]2O[C@@H](c3c(O)cc(O)c(C(=O)c4ccc(O)cc4)c3O)[C@H](O)[C@@H](O)[C@@H]2O)cc(O)c1O. The van der Waals surface area contributed by atoms with E-state index in [9.17, 15) is 55.5 Å². The number of esters is 1. The molecule has 0 aromatic heterocycles. The average molecular weight is 574 g/mol. The molecule has 14 heteroatoms. The summed E-state index contributed by atoms with van der Waals surface area (Å²) in [4.78, 5) is 25.6. The first-order valence-electron chi connectivity index (χ1n) is 11.9. The first kappa shape index (κ1) is 29.2. The lowest BCUT2D eigenvalue weighted by Gasteiger charge is -2.40. The van der Waals surface area contributed by atoms with E-state index in [1.807, 2.05) is 0 Å². The summed E-state index contributed by atoms with van der Waals surface area (Å²) in [6.45, 7) is -0.747. The van der Waals surface area contributed by atoms with Crippen LogP contribution in [0.5, 0.6) is 40.2 Å². The summed E-state index contributed by atoms with van der Waals surface area (Å²) in [6.07, 6.45) is -9.13. The fraction of sp³-hybridized carbons (Fsp3) is 0.259. The van der Waals surface area contributed by atoms with E-state index in [1.54, 1.807) is 0 Å². The van der Waals surface area contributed by atoms with Gasteiger partial charge in [0.15, 0.2) is 11.5 Å². The Kier molecular flexibility index (Phi) is 8.12. The van der Waals surface area contributed by atoms with Gasteiger partial charge in [-0.2, -0.15) is 0 Å². The fourth-order valence-corrected chi connectivity index (χ4v) is 4.35. The Balaban J connectivity index is 1.62. The predicted molar refractivity (Wildman–Crippen MR) is 135 cm³/mol. The van der Waals surface area contributed by atoms with Crippen LogP contribution in [-0.2, 0) is 9.47 Å². The standard InChI is InChI=1S/C27H26O14/c1-39-16-7-11(6-15(31)21(16)33)27(38)40-9-17-22(34)24(36)25(37)26(41-17)19-14(30)8-13(29)18(23(19)35)20(32)10-2-4-12(28)5-3-10/h2-8,17,22,24-26,28-31,33-37H,9H2,1H3/t17-,22-,24+,25-,26+/m1/s1. The number of carbonyl (C=O) groups excluding carboxylic acids is 2. The normalized spacial score (nSPS) is 22.2. The maximum atomic E-state index is 13.0. The topological polar surface area (TPSA) is 244 Å². The number of aromatic hydroxyl groups is 6. The third-order valence-electron chi connectivity index (χ3n) is 6.54. The first-order chi connectivity index (χ1) is 19.3. The molecule has 0 amide bonds. The summed E-state index contributed by atoms with van der Waals surface area (Å²) in [5.41, 5.74) is -1.63. The van der Waals surface area contributed by atoms with E-state index in [0.717, 1.165) is 12.1 Å². The largest absolute Gasteiger partial charge is 0.508 e. The molecule has 14 nitrogen and oxygen atoms in total. The van der Waals surface area contributed by atoms with E-state index in [-0.39, 0.29) is 22.6 Å². The summed E-state index contributed by atoms with van der Waals surface area (Å²) in [5.74, 6) is -6.35. The van der Waals surface area contributed by atoms with Gasteiger partial charge in [-0.3, -0.25) is 4.79 Å². The fourth-order valence-electron chi connectivity index (χ4n) is 4.35. The molecule has 0 spiro atoms. The number of phenolic OH excluding ortho intramolecular Hbond substituents is 6. The van der Waals surface area contributed by atoms with Crippen molar-refractivity contribution in [2.45, 2.75) is 30.5 Å². The van der Waals surface area contributed by atoms with E-state index >= 15 is 0 Å². The Morgan fingerprint density at radius 1 is 0.780 bits per heavy atom. The van der Waals surface area contributed by atoms with Gasteiger partial charge in [0, 0.05) is 11.6 Å². The van der Waals surface area contributed by atoms with Gasteiger partial charge in [0.1, 0.15) is 65.7 Å². The molecule has 218 valence electrons. The number of benzene rings is 3. The van der Waals surface area contributed by atoms with Crippen LogP contribution in [0.2, 0.25) is 0 Å². The predicted octanol–water partition coefficient (Wildman–Crippen LogP) is 0.539. The second kappa shape index (κ2) is 11.4. The third-order valence-corrected chi connectivity index (χ3v) is 6.54. The summed E-state index contributed by atoms with van der Waals surface area (Å²) in [5, 5.41) is 92.4. The lowest BCUT2D eigenvalue weighted by molar-refractivity contribution is -0.232. The number of ketones is 1. The van der Waals surface area contributed by atoms with Crippen molar-refractivity contribution in [3.63, 3.8) is 0 Å². The molecule has 0 radical (unpaired) electrons. The minimum absolute atomic E-state index is 0.0627. The molecule has 1 heterocycles. The zero-order chi connectivity index (χ0) is 30.2. The van der Waals surface area contributed by atoms with Gasteiger partial charge in [-0.05, 0) is 36.4 Å². The number of carbonyl (C=O) groups is 2. The van der Waals surface area contributed by atoms with Gasteiger partial charge in [0.25, 0.3) is 0 Å². The molecule has 3 aromatic rings. The van der Waals surface area contributed by atoms with Crippen LogP contribution in [0.15, 0.2) is 42.5 Å². The van der Waals surface area contributed by atoms with Crippen molar-refractivity contribution in [1.82, 2.24) is 0 Å². The van der Waals surface area contributed by atoms with Gasteiger partial charge in [-0.25, -0.2) is 4.79 Å². The van der Waals surface area contributed by atoms with Gasteiger partial charge in [-0.1, -0.05) is 0 Å². The molecule has 1 fully saturated rings. The smallest absolute Gasteiger partial charge is 0.338 e. The molecule has 1 aliphatic rings. The Morgan fingerprint density at radius 3 is 2.07 bits per heavy atom. The van der Waals surface area contributed by atoms with Crippen molar-refractivity contribution in [1.29, 1.82) is 0 Å². The monoisotopic (exact) mass is 574 g/mol. The van der Waals surface area contributed by atoms with Gasteiger partial charge >= 0.3 is 5.97 Å². The minimum atomic E-state index is -1.98. The number of hydrogen-bond acceptors (Lipinski definition) is 14. The molecule has 4 rings (SSSR count). The minimum Gasteiger partial charge on any atom is -0.508 e. The molecule has 1 saturated heterocycles. The maximum absolute atomic E-state index is 13.0. The van der Waals surface area contributed by atoms with Crippen LogP contribution in [0.1, 0.15) is 37.9 Å². The van der Waals surface area contributed by atoms with Crippen LogP contribution in [0.3, 0.4) is 0 Å². The number of aliphatic hydroxyl groups excluding tert-OH is 3. The maximum Gasteiger partial charge on any atom is 0.338 e. The Morgan fingerprint density at radius 2 is 1.44 bits per heavy atom. The third kappa shape index (κ3) is 5.49. The molecule has 0 aliphatic carbocycles. The number of rotatable bonds is 7. The summed E-state index contributed by atoms with van der Waals surface area (Å²) < 4.78 is 15.6. The second-order valence-corrected chi connectivity index (χ2v) is 9.14. The molecular formula is C27H26O14. The highest BCUT2D eigenvalue weighted by atomic mass is 16.6. The van der Waals surface area contributed by atoms with Gasteiger partial charge in [-0.15, -0.1) is 0 Å². The van der Waals surface area contributed by atoms with Crippen LogP contribution < -0.4 is 4.74 Å². The molecule has 3 aromatic carbocycles. The molecule has 41 heavy (non-hydrogen) atoms. The lowest BCUT2D eigenvalue weighted by Crippen LogP contribution is -2.55. The molecule has 0 bridgehead atoms.